The number of carbonyl (C=O) groups is 1. The zero-order valence-corrected chi connectivity index (χ0v) is 12.0. The highest BCUT2D eigenvalue weighted by atomic mass is 35.5. The molecule has 0 atom stereocenters. The van der Waals surface area contributed by atoms with Gasteiger partial charge >= 0.3 is 5.97 Å². The Morgan fingerprint density at radius 1 is 1.37 bits per heavy atom. The van der Waals surface area contributed by atoms with Crippen molar-refractivity contribution in [3.05, 3.63) is 56.2 Å². The van der Waals surface area contributed by atoms with Crippen molar-refractivity contribution < 1.29 is 9.90 Å². The van der Waals surface area contributed by atoms with E-state index >= 15 is 0 Å². The number of benzene rings is 1. The van der Waals surface area contributed by atoms with Gasteiger partial charge in [-0.05, 0) is 36.2 Å². The summed E-state index contributed by atoms with van der Waals surface area (Å²) < 4.78 is 0. The van der Waals surface area contributed by atoms with E-state index in [0.717, 1.165) is 21.0 Å². The Hall–Kier alpha value is -1.36. The van der Waals surface area contributed by atoms with E-state index in [1.54, 1.807) is 6.07 Å². The van der Waals surface area contributed by atoms with E-state index in [2.05, 4.69) is 5.32 Å². The summed E-state index contributed by atoms with van der Waals surface area (Å²) in [6.45, 7) is 3.30. The molecule has 2 rings (SSSR count). The summed E-state index contributed by atoms with van der Waals surface area (Å²) >= 11 is 7.22. The van der Waals surface area contributed by atoms with E-state index < -0.39 is 5.97 Å². The van der Waals surface area contributed by atoms with Gasteiger partial charge < -0.3 is 10.4 Å². The molecule has 0 aliphatic heterocycles. The lowest BCUT2D eigenvalue weighted by molar-refractivity contribution is 0.0702. The molecule has 0 bridgehead atoms. The predicted molar refractivity (Wildman–Crippen MR) is 78.0 cm³/mol. The first-order valence-corrected chi connectivity index (χ1v) is 7.03. The third-order valence-electron chi connectivity index (χ3n) is 2.76. The van der Waals surface area contributed by atoms with Crippen LogP contribution in [0.1, 0.15) is 25.7 Å². The van der Waals surface area contributed by atoms with Crippen LogP contribution in [0.2, 0.25) is 5.02 Å². The fraction of sp³-hybridized carbons (Fsp3) is 0.214. The number of aryl methyl sites for hydroxylation is 1. The molecule has 1 heterocycles. The lowest BCUT2D eigenvalue weighted by Gasteiger charge is -2.05. The van der Waals surface area contributed by atoms with Crippen molar-refractivity contribution in [2.24, 2.45) is 0 Å². The van der Waals surface area contributed by atoms with Crippen LogP contribution in [0, 0.1) is 6.92 Å². The Morgan fingerprint density at radius 3 is 2.79 bits per heavy atom. The molecule has 100 valence electrons. The molecule has 0 aliphatic carbocycles. The lowest BCUT2D eigenvalue weighted by atomic mass is 10.2. The molecule has 0 saturated carbocycles. The number of nitrogens with one attached hydrogen (secondary N) is 1. The third kappa shape index (κ3) is 3.80. The van der Waals surface area contributed by atoms with Crippen molar-refractivity contribution in [3.63, 3.8) is 0 Å². The van der Waals surface area contributed by atoms with E-state index in [1.165, 1.54) is 11.3 Å². The van der Waals surface area contributed by atoms with Gasteiger partial charge in [0.25, 0.3) is 0 Å². The standard InChI is InChI=1S/C14H14ClNO2S/c1-9-11(6-13(19-9)14(17)18)8-16-7-10-3-2-4-12(15)5-10/h2-6,16H,7-8H2,1H3,(H,17,18). The lowest BCUT2D eigenvalue weighted by Crippen LogP contribution is -2.12. The van der Waals surface area contributed by atoms with Crippen molar-refractivity contribution in [2.75, 3.05) is 0 Å². The van der Waals surface area contributed by atoms with Crippen molar-refractivity contribution in [3.8, 4) is 0 Å². The fourth-order valence-corrected chi connectivity index (χ4v) is 2.88. The van der Waals surface area contributed by atoms with E-state index in [9.17, 15) is 4.79 Å². The average Bonchev–Trinajstić information content (AvgIpc) is 2.71. The van der Waals surface area contributed by atoms with Crippen molar-refractivity contribution in [1.29, 1.82) is 0 Å². The molecule has 3 nitrogen and oxygen atoms in total. The second-order valence-electron chi connectivity index (χ2n) is 4.23. The first-order valence-electron chi connectivity index (χ1n) is 5.84. The zero-order chi connectivity index (χ0) is 13.8. The van der Waals surface area contributed by atoms with Gasteiger partial charge in [-0.1, -0.05) is 23.7 Å². The third-order valence-corrected chi connectivity index (χ3v) is 4.08. The Labute approximate surface area is 120 Å². The minimum absolute atomic E-state index is 0.386. The number of rotatable bonds is 5. The maximum Gasteiger partial charge on any atom is 0.345 e. The maximum absolute atomic E-state index is 10.9. The van der Waals surface area contributed by atoms with Gasteiger partial charge in [0.15, 0.2) is 0 Å². The average molecular weight is 296 g/mol. The molecule has 0 saturated heterocycles. The molecule has 2 aromatic rings. The number of carboxylic acids is 1. The van der Waals surface area contributed by atoms with Gasteiger partial charge in [0.05, 0.1) is 0 Å². The second kappa shape index (κ2) is 6.19. The molecule has 5 heteroatoms. The number of hydrogen-bond donors (Lipinski definition) is 2. The van der Waals surface area contributed by atoms with Crippen LogP contribution in [-0.2, 0) is 13.1 Å². The molecule has 0 fully saturated rings. The van der Waals surface area contributed by atoms with Crippen LogP contribution in [0.15, 0.2) is 30.3 Å². The van der Waals surface area contributed by atoms with E-state index in [0.29, 0.717) is 18.0 Å². The SMILES string of the molecule is Cc1sc(C(=O)O)cc1CNCc1cccc(Cl)c1. The molecule has 0 aliphatic rings. The molecular weight excluding hydrogens is 282 g/mol. The Balaban J connectivity index is 1.94. The summed E-state index contributed by atoms with van der Waals surface area (Å²) in [4.78, 5) is 12.3. The van der Waals surface area contributed by atoms with Gasteiger partial charge in [-0.3, -0.25) is 0 Å². The van der Waals surface area contributed by atoms with Crippen molar-refractivity contribution in [2.45, 2.75) is 20.0 Å². The highest BCUT2D eigenvalue weighted by Gasteiger charge is 2.10. The summed E-state index contributed by atoms with van der Waals surface area (Å²) in [5.74, 6) is -0.866. The van der Waals surface area contributed by atoms with Gasteiger partial charge in [-0.15, -0.1) is 11.3 Å². The van der Waals surface area contributed by atoms with Gasteiger partial charge in [-0.2, -0.15) is 0 Å². The summed E-state index contributed by atoms with van der Waals surface area (Å²) in [6, 6.07) is 9.40. The Morgan fingerprint density at radius 2 is 2.16 bits per heavy atom. The van der Waals surface area contributed by atoms with Gasteiger partial charge in [-0.25, -0.2) is 4.79 Å². The predicted octanol–water partition coefficient (Wildman–Crippen LogP) is 3.70. The molecule has 19 heavy (non-hydrogen) atoms. The van der Waals surface area contributed by atoms with Gasteiger partial charge in [0.1, 0.15) is 4.88 Å². The molecule has 1 aromatic carbocycles. The number of halogens is 1. The van der Waals surface area contributed by atoms with E-state index in [-0.39, 0.29) is 0 Å². The normalized spacial score (nSPS) is 10.6. The molecule has 2 N–H and O–H groups in total. The van der Waals surface area contributed by atoms with Crippen molar-refractivity contribution in [1.82, 2.24) is 5.32 Å². The Kier molecular flexibility index (Phi) is 4.58. The number of hydrogen-bond acceptors (Lipinski definition) is 3. The highest BCUT2D eigenvalue weighted by molar-refractivity contribution is 7.14. The molecule has 0 radical (unpaired) electrons. The van der Waals surface area contributed by atoms with Crippen LogP contribution in [0.3, 0.4) is 0 Å². The van der Waals surface area contributed by atoms with Crippen molar-refractivity contribution >= 4 is 28.9 Å². The molecule has 0 spiro atoms. The monoisotopic (exact) mass is 295 g/mol. The summed E-state index contributed by atoms with van der Waals surface area (Å²) in [5, 5.41) is 12.9. The Bertz CT molecular complexity index is 595. The van der Waals surface area contributed by atoms with Crippen LogP contribution in [0.4, 0.5) is 0 Å². The first-order chi connectivity index (χ1) is 9.06. The largest absolute Gasteiger partial charge is 0.477 e. The first kappa shape index (κ1) is 14.1. The summed E-state index contributed by atoms with van der Waals surface area (Å²) in [7, 11) is 0. The van der Waals surface area contributed by atoms with Crippen LogP contribution in [0.5, 0.6) is 0 Å². The van der Waals surface area contributed by atoms with Gasteiger partial charge in [0.2, 0.25) is 0 Å². The van der Waals surface area contributed by atoms with E-state index in [4.69, 9.17) is 16.7 Å². The minimum Gasteiger partial charge on any atom is -0.477 e. The second-order valence-corrected chi connectivity index (χ2v) is 5.92. The van der Waals surface area contributed by atoms with Gasteiger partial charge in [0, 0.05) is 23.0 Å². The smallest absolute Gasteiger partial charge is 0.345 e. The molecule has 0 amide bonds. The van der Waals surface area contributed by atoms with Crippen LogP contribution in [0.25, 0.3) is 0 Å². The highest BCUT2D eigenvalue weighted by Crippen LogP contribution is 2.21. The fourth-order valence-electron chi connectivity index (χ4n) is 1.79. The molecule has 1 aromatic heterocycles. The maximum atomic E-state index is 10.9. The number of aromatic carboxylic acids is 1. The number of thiophene rings is 1. The number of carboxylic acid groups (broad SMARTS) is 1. The topological polar surface area (TPSA) is 49.3 Å². The molecular formula is C14H14ClNO2S. The zero-order valence-electron chi connectivity index (χ0n) is 10.4. The van der Waals surface area contributed by atoms with Crippen LogP contribution in [-0.4, -0.2) is 11.1 Å². The van der Waals surface area contributed by atoms with E-state index in [1.807, 2.05) is 31.2 Å². The van der Waals surface area contributed by atoms with Crippen LogP contribution >= 0.6 is 22.9 Å². The molecule has 0 unspecified atom stereocenters. The summed E-state index contributed by atoms with van der Waals surface area (Å²) in [5.41, 5.74) is 2.14. The van der Waals surface area contributed by atoms with Crippen LogP contribution < -0.4 is 5.32 Å². The summed E-state index contributed by atoms with van der Waals surface area (Å²) in [6.07, 6.45) is 0. The quantitative estimate of drug-likeness (QED) is 0.884. The minimum atomic E-state index is -0.866.